The highest BCUT2D eigenvalue weighted by molar-refractivity contribution is 5.60. The predicted octanol–water partition coefficient (Wildman–Crippen LogP) is 9.65. The highest BCUT2D eigenvalue weighted by Crippen LogP contribution is 2.43. The fourth-order valence-corrected chi connectivity index (χ4v) is 9.03. The number of benzene rings is 6. The second-order valence-corrected chi connectivity index (χ2v) is 15.9. The number of methoxy groups -OCH3 is 12. The van der Waals surface area contributed by atoms with Gasteiger partial charge < -0.3 is 56.8 Å². The molecular weight excluding hydrogens is 841 g/mol. The van der Waals surface area contributed by atoms with E-state index in [0.29, 0.717) is 108 Å². The average Bonchev–Trinajstić information content (AvgIpc) is 3.34. The van der Waals surface area contributed by atoms with Gasteiger partial charge in [-0.25, -0.2) is 0 Å². The molecule has 0 radical (unpaired) electrons. The quantitative estimate of drug-likeness (QED) is 0.117. The highest BCUT2D eigenvalue weighted by Gasteiger charge is 2.24. The molecule has 12 heteroatoms. The fraction of sp³-hybridized carbons (Fsp3) is 0.333. The zero-order valence-electron chi connectivity index (χ0n) is 40.1. The lowest BCUT2D eigenvalue weighted by Crippen LogP contribution is -2.06. The highest BCUT2D eigenvalue weighted by atomic mass is 16.5. The second-order valence-electron chi connectivity index (χ2n) is 15.9. The molecule has 12 nitrogen and oxygen atoms in total. The summed E-state index contributed by atoms with van der Waals surface area (Å²) in [5.74, 6) is 8.40. The third-order valence-corrected chi connectivity index (χ3v) is 12.4. The molecule has 16 aliphatic rings. The van der Waals surface area contributed by atoms with Crippen LogP contribution >= 0.6 is 0 Å². The molecule has 0 aromatic heterocycles. The Morgan fingerprint density at radius 3 is 0.303 bits per heavy atom. The maximum Gasteiger partial charge on any atom is 0.122 e. The number of rotatable bonds is 12. The minimum Gasteiger partial charge on any atom is -0.496 e. The molecule has 348 valence electrons. The van der Waals surface area contributed by atoms with E-state index in [4.69, 9.17) is 56.8 Å². The number of hydrogen-bond acceptors (Lipinski definition) is 12. The van der Waals surface area contributed by atoms with Crippen molar-refractivity contribution in [2.45, 2.75) is 38.5 Å². The summed E-state index contributed by atoms with van der Waals surface area (Å²) in [4.78, 5) is 0. The Morgan fingerprint density at radius 1 is 0.167 bits per heavy atom. The zero-order chi connectivity index (χ0) is 47.1. The maximum absolute atomic E-state index is 6.04. The van der Waals surface area contributed by atoms with Gasteiger partial charge in [0.25, 0.3) is 0 Å². The average molecular weight is 901 g/mol. The summed E-state index contributed by atoms with van der Waals surface area (Å²) in [7, 11) is 20.1. The standard InChI is InChI=1S/C54H60O12/c1-55-43-19-32-14-34-22-48(60-6)36(24-47(34)59-5)16-38-26-52(64-10)40(28-51(38)63-9)18-42-30-53(65-11)41(29-54(42)66-12)17-39-27-49(61-7)37(25-50(39)62-8)15-35-23-45(57-3)33(21-46(35)58-4)13-31(43)20-44(32)56-2/h19-30H,13-18H2,1-12H3. The normalized spacial score (nSPS) is 12.2. The summed E-state index contributed by atoms with van der Waals surface area (Å²) in [6.07, 6.45) is 2.84. The van der Waals surface area contributed by atoms with Gasteiger partial charge in [0.15, 0.2) is 0 Å². The van der Waals surface area contributed by atoms with Gasteiger partial charge in [0.2, 0.25) is 0 Å². The van der Waals surface area contributed by atoms with E-state index in [1.165, 1.54) is 0 Å². The smallest absolute Gasteiger partial charge is 0.122 e. The topological polar surface area (TPSA) is 111 Å². The molecule has 22 rings (SSSR count). The van der Waals surface area contributed by atoms with Crippen LogP contribution in [-0.4, -0.2) is 85.3 Å². The molecule has 0 atom stereocenters. The van der Waals surface area contributed by atoms with Gasteiger partial charge in [0, 0.05) is 105 Å². The molecule has 16 aliphatic carbocycles. The van der Waals surface area contributed by atoms with Gasteiger partial charge in [0.05, 0.1) is 85.3 Å². The number of ether oxygens (including phenoxy) is 12. The maximum atomic E-state index is 6.04. The molecule has 0 amide bonds. The Hall–Kier alpha value is -7.08. The first-order valence-electron chi connectivity index (χ1n) is 21.5. The van der Waals surface area contributed by atoms with E-state index in [-0.39, 0.29) is 0 Å². The van der Waals surface area contributed by atoms with Crippen molar-refractivity contribution in [3.05, 3.63) is 140 Å². The van der Waals surface area contributed by atoms with Crippen LogP contribution in [0.5, 0.6) is 69.0 Å². The van der Waals surface area contributed by atoms with Crippen LogP contribution in [0.4, 0.5) is 0 Å². The third kappa shape index (κ3) is 9.49. The molecule has 0 unspecified atom stereocenters. The predicted molar refractivity (Wildman–Crippen MR) is 254 cm³/mol. The second kappa shape index (κ2) is 20.8. The Balaban J connectivity index is 1.43. The van der Waals surface area contributed by atoms with Crippen molar-refractivity contribution < 1.29 is 56.8 Å². The molecule has 0 saturated carbocycles. The minimum atomic E-state index is 0.474. The van der Waals surface area contributed by atoms with Crippen LogP contribution in [0, 0.1) is 0 Å². The fourth-order valence-electron chi connectivity index (χ4n) is 9.03. The van der Waals surface area contributed by atoms with Gasteiger partial charge in [-0.15, -0.1) is 0 Å². The lowest BCUT2D eigenvalue weighted by molar-refractivity contribution is 0.387. The van der Waals surface area contributed by atoms with Crippen LogP contribution in [0.25, 0.3) is 0 Å². The molecule has 66 heavy (non-hydrogen) atoms. The van der Waals surface area contributed by atoms with Gasteiger partial charge in [0.1, 0.15) is 69.0 Å². The summed E-state index contributed by atoms with van der Waals surface area (Å²) in [6, 6.07) is 24.2. The SMILES string of the molecule is COc1cc2c(OC)cc1Cc1cc(OC)c(cc1OC)Cc1cc(OC)c(cc1OC)Cc1cc(OC)c(cc1OC)Cc1cc(OC)c(cc1OC)Cc1cc(OC)c(cc1OC)C2. The van der Waals surface area contributed by atoms with Gasteiger partial charge in [-0.3, -0.25) is 0 Å². The Kier molecular flexibility index (Phi) is 14.8. The van der Waals surface area contributed by atoms with Crippen molar-refractivity contribution in [3.63, 3.8) is 0 Å². The van der Waals surface area contributed by atoms with Crippen LogP contribution < -0.4 is 56.8 Å². The summed E-state index contributed by atoms with van der Waals surface area (Å²) in [5.41, 5.74) is 10.9. The van der Waals surface area contributed by atoms with Crippen molar-refractivity contribution in [1.29, 1.82) is 0 Å². The Bertz CT molecular complexity index is 2050. The molecule has 0 heterocycles. The van der Waals surface area contributed by atoms with Crippen molar-refractivity contribution >= 4 is 0 Å². The lowest BCUT2D eigenvalue weighted by Gasteiger charge is -2.21. The first-order valence-corrected chi connectivity index (χ1v) is 21.5. The molecule has 0 aliphatic heterocycles. The van der Waals surface area contributed by atoms with Crippen molar-refractivity contribution in [3.8, 4) is 69.0 Å². The largest absolute Gasteiger partial charge is 0.496 e. The summed E-state index contributed by atoms with van der Waals surface area (Å²) in [6.45, 7) is 0. The number of hydrogen-bond donors (Lipinski definition) is 0. The monoisotopic (exact) mass is 900 g/mol. The van der Waals surface area contributed by atoms with Gasteiger partial charge in [-0.1, -0.05) is 0 Å². The van der Waals surface area contributed by atoms with Gasteiger partial charge >= 0.3 is 0 Å². The van der Waals surface area contributed by atoms with Gasteiger partial charge in [-0.2, -0.15) is 0 Å². The summed E-state index contributed by atoms with van der Waals surface area (Å²) >= 11 is 0. The van der Waals surface area contributed by atoms with E-state index < -0.39 is 0 Å². The van der Waals surface area contributed by atoms with E-state index in [0.717, 1.165) is 66.8 Å². The minimum absolute atomic E-state index is 0.474. The van der Waals surface area contributed by atoms with E-state index in [1.807, 2.05) is 72.8 Å². The summed E-state index contributed by atoms with van der Waals surface area (Å²) in [5, 5.41) is 0. The zero-order valence-corrected chi connectivity index (χ0v) is 40.1. The molecule has 6 aromatic carbocycles. The molecule has 0 N–H and O–H groups in total. The van der Waals surface area contributed by atoms with Crippen molar-refractivity contribution in [2.24, 2.45) is 0 Å². The van der Waals surface area contributed by atoms with Crippen LogP contribution in [-0.2, 0) is 38.5 Å². The third-order valence-electron chi connectivity index (χ3n) is 12.4. The first kappa shape index (κ1) is 46.9. The van der Waals surface area contributed by atoms with Crippen LogP contribution in [0.3, 0.4) is 0 Å². The Morgan fingerprint density at radius 2 is 0.242 bits per heavy atom. The van der Waals surface area contributed by atoms with Gasteiger partial charge in [-0.05, 0) is 72.8 Å². The van der Waals surface area contributed by atoms with Crippen molar-refractivity contribution in [2.75, 3.05) is 85.3 Å². The lowest BCUT2D eigenvalue weighted by atomic mass is 9.92. The summed E-state index contributed by atoms with van der Waals surface area (Å²) < 4.78 is 72.5. The van der Waals surface area contributed by atoms with E-state index in [1.54, 1.807) is 85.3 Å². The molecule has 12 bridgehead atoms. The molecule has 0 fully saturated rings. The molecule has 0 saturated heterocycles. The molecule has 0 spiro atoms. The molecular formula is C54H60O12. The Labute approximate surface area is 388 Å². The van der Waals surface area contributed by atoms with Crippen molar-refractivity contribution in [1.82, 2.24) is 0 Å². The molecule has 6 aromatic rings. The first-order chi connectivity index (χ1) is 32.1. The van der Waals surface area contributed by atoms with Crippen LogP contribution in [0.2, 0.25) is 0 Å². The van der Waals surface area contributed by atoms with E-state index >= 15 is 0 Å². The van der Waals surface area contributed by atoms with E-state index in [9.17, 15) is 0 Å². The van der Waals surface area contributed by atoms with E-state index in [2.05, 4.69) is 0 Å². The van der Waals surface area contributed by atoms with Crippen LogP contribution in [0.1, 0.15) is 66.8 Å². The van der Waals surface area contributed by atoms with Crippen LogP contribution in [0.15, 0.2) is 72.8 Å².